The highest BCUT2D eigenvalue weighted by Gasteiger charge is 2.14. The van der Waals surface area contributed by atoms with E-state index < -0.39 is 6.10 Å². The molecule has 2 aromatic carbocycles. The molecule has 1 atom stereocenters. The van der Waals surface area contributed by atoms with Crippen molar-refractivity contribution in [3.05, 3.63) is 63.6 Å². The summed E-state index contributed by atoms with van der Waals surface area (Å²) in [5.41, 5.74) is 2.01. The zero-order chi connectivity index (χ0) is 17.5. The molecular weight excluding hydrogens is 345 g/mol. The third kappa shape index (κ3) is 5.43. The quantitative estimate of drug-likeness (QED) is 0.714. The predicted molar refractivity (Wildman–Crippen MR) is 99.1 cm³/mol. The lowest BCUT2D eigenvalue weighted by Gasteiger charge is -2.15. The first kappa shape index (κ1) is 18.6. The van der Waals surface area contributed by atoms with E-state index in [0.717, 1.165) is 29.0 Å². The summed E-state index contributed by atoms with van der Waals surface area (Å²) in [4.78, 5) is 12.1. The van der Waals surface area contributed by atoms with E-state index in [9.17, 15) is 4.79 Å². The first-order valence-corrected chi connectivity index (χ1v) is 8.67. The van der Waals surface area contributed by atoms with Crippen molar-refractivity contribution in [3.8, 4) is 5.75 Å². The number of carbonyl (C=O) groups is 1. The van der Waals surface area contributed by atoms with Gasteiger partial charge in [-0.3, -0.25) is 4.79 Å². The number of rotatable bonds is 7. The summed E-state index contributed by atoms with van der Waals surface area (Å²) in [6.45, 7) is 4.21. The second-order valence-electron chi connectivity index (χ2n) is 5.66. The van der Waals surface area contributed by atoms with Crippen molar-refractivity contribution in [3.63, 3.8) is 0 Å². The number of halogens is 2. The topological polar surface area (TPSA) is 38.3 Å². The Morgan fingerprint density at radius 1 is 1.17 bits per heavy atom. The van der Waals surface area contributed by atoms with E-state index in [1.165, 1.54) is 0 Å². The first-order chi connectivity index (χ1) is 11.5. The molecular formula is C19H21Cl2NO2. The van der Waals surface area contributed by atoms with E-state index in [0.29, 0.717) is 17.3 Å². The normalized spacial score (nSPS) is 11.8. The third-order valence-electron chi connectivity index (χ3n) is 3.69. The summed E-state index contributed by atoms with van der Waals surface area (Å²) in [6.07, 6.45) is 1.08. The first-order valence-electron chi connectivity index (χ1n) is 7.91. The van der Waals surface area contributed by atoms with Gasteiger partial charge < -0.3 is 10.1 Å². The molecule has 128 valence electrons. The molecule has 2 rings (SSSR count). The molecule has 3 nitrogen and oxygen atoms in total. The molecule has 0 fully saturated rings. The second kappa shape index (κ2) is 8.95. The van der Waals surface area contributed by atoms with Crippen molar-refractivity contribution < 1.29 is 9.53 Å². The lowest BCUT2D eigenvalue weighted by Crippen LogP contribution is -2.36. The Bertz CT molecular complexity index is 704. The van der Waals surface area contributed by atoms with Crippen LogP contribution in [0.5, 0.6) is 5.75 Å². The smallest absolute Gasteiger partial charge is 0.260 e. The maximum absolute atomic E-state index is 12.1. The van der Waals surface area contributed by atoms with Crippen molar-refractivity contribution in [1.29, 1.82) is 0 Å². The molecule has 0 saturated heterocycles. The molecule has 24 heavy (non-hydrogen) atoms. The van der Waals surface area contributed by atoms with Gasteiger partial charge in [-0.1, -0.05) is 41.4 Å². The molecule has 0 aliphatic carbocycles. The van der Waals surface area contributed by atoms with Gasteiger partial charge in [0.15, 0.2) is 6.10 Å². The fourth-order valence-electron chi connectivity index (χ4n) is 2.28. The summed E-state index contributed by atoms with van der Waals surface area (Å²) in [5.74, 6) is 0.498. The van der Waals surface area contributed by atoms with Gasteiger partial charge in [-0.05, 0) is 62.1 Å². The Balaban J connectivity index is 1.75. The van der Waals surface area contributed by atoms with Gasteiger partial charge in [-0.25, -0.2) is 0 Å². The Morgan fingerprint density at radius 3 is 2.62 bits per heavy atom. The van der Waals surface area contributed by atoms with E-state index in [4.69, 9.17) is 27.9 Å². The van der Waals surface area contributed by atoms with Crippen LogP contribution in [0.15, 0.2) is 42.5 Å². The van der Waals surface area contributed by atoms with Gasteiger partial charge in [-0.2, -0.15) is 0 Å². The van der Waals surface area contributed by atoms with Gasteiger partial charge in [0.05, 0.1) is 0 Å². The molecule has 0 aliphatic heterocycles. The van der Waals surface area contributed by atoms with Gasteiger partial charge >= 0.3 is 0 Å². The summed E-state index contributed by atoms with van der Waals surface area (Å²) in [6, 6.07) is 13.1. The molecule has 0 spiro atoms. The zero-order valence-corrected chi connectivity index (χ0v) is 15.3. The Morgan fingerprint density at radius 2 is 1.92 bits per heavy atom. The van der Waals surface area contributed by atoms with Crippen LogP contribution in [-0.2, 0) is 11.2 Å². The molecule has 0 radical (unpaired) electrons. The molecule has 1 amide bonds. The fraction of sp³-hybridized carbons (Fsp3) is 0.316. The fourth-order valence-corrected chi connectivity index (χ4v) is 2.63. The van der Waals surface area contributed by atoms with Gasteiger partial charge in [0.25, 0.3) is 5.91 Å². The average Bonchev–Trinajstić information content (AvgIpc) is 2.56. The Labute approximate surface area is 152 Å². The van der Waals surface area contributed by atoms with E-state index in [1.54, 1.807) is 19.1 Å². The summed E-state index contributed by atoms with van der Waals surface area (Å²) >= 11 is 12.1. The number of aryl methyl sites for hydroxylation is 2. The lowest BCUT2D eigenvalue weighted by atomic mass is 10.1. The van der Waals surface area contributed by atoms with Crippen molar-refractivity contribution >= 4 is 29.1 Å². The molecule has 0 unspecified atom stereocenters. The molecule has 0 bridgehead atoms. The molecule has 0 aliphatic rings. The second-order valence-corrected chi connectivity index (χ2v) is 6.47. The van der Waals surface area contributed by atoms with Crippen LogP contribution < -0.4 is 10.1 Å². The van der Waals surface area contributed by atoms with Gasteiger partial charge in [0.2, 0.25) is 0 Å². The minimum absolute atomic E-state index is 0.137. The third-order valence-corrected chi connectivity index (χ3v) is 4.48. The van der Waals surface area contributed by atoms with Crippen LogP contribution in [0.4, 0.5) is 0 Å². The van der Waals surface area contributed by atoms with E-state index in [-0.39, 0.29) is 5.91 Å². The minimum atomic E-state index is -0.564. The van der Waals surface area contributed by atoms with Crippen molar-refractivity contribution in [1.82, 2.24) is 5.32 Å². The van der Waals surface area contributed by atoms with Crippen LogP contribution in [0.2, 0.25) is 10.0 Å². The van der Waals surface area contributed by atoms with Crippen molar-refractivity contribution in [2.75, 3.05) is 6.54 Å². The van der Waals surface area contributed by atoms with Crippen LogP contribution in [0.25, 0.3) is 0 Å². The lowest BCUT2D eigenvalue weighted by molar-refractivity contribution is -0.127. The highest BCUT2D eigenvalue weighted by atomic mass is 35.5. The number of nitrogens with one attached hydrogen (secondary N) is 1. The predicted octanol–water partition coefficient (Wildman–Crippen LogP) is 4.82. The number of ether oxygens (including phenoxy) is 1. The van der Waals surface area contributed by atoms with Gasteiger partial charge in [-0.15, -0.1) is 0 Å². The van der Waals surface area contributed by atoms with Gasteiger partial charge in [0, 0.05) is 16.6 Å². The SMILES string of the molecule is Cc1cc(O[C@H](C)C(=O)NCCCc2ccccc2Cl)ccc1Cl. The van der Waals surface area contributed by atoms with E-state index in [2.05, 4.69) is 5.32 Å². The minimum Gasteiger partial charge on any atom is -0.481 e. The number of carbonyl (C=O) groups excluding carboxylic acids is 1. The zero-order valence-electron chi connectivity index (χ0n) is 13.8. The molecule has 0 heterocycles. The summed E-state index contributed by atoms with van der Waals surface area (Å²) in [7, 11) is 0. The molecule has 5 heteroatoms. The van der Waals surface area contributed by atoms with Crippen LogP contribution in [0, 0.1) is 6.92 Å². The van der Waals surface area contributed by atoms with E-state index >= 15 is 0 Å². The highest BCUT2D eigenvalue weighted by molar-refractivity contribution is 6.31. The Kier molecular flexibility index (Phi) is 6.95. The summed E-state index contributed by atoms with van der Waals surface area (Å²) in [5, 5.41) is 4.33. The summed E-state index contributed by atoms with van der Waals surface area (Å²) < 4.78 is 5.65. The molecule has 0 aromatic heterocycles. The standard InChI is InChI=1S/C19H21Cl2NO2/c1-13-12-16(9-10-17(13)20)24-14(2)19(23)22-11-5-7-15-6-3-4-8-18(15)21/h3-4,6,8-10,12,14H,5,7,11H2,1-2H3,(H,22,23)/t14-/m1/s1. The molecule has 2 aromatic rings. The van der Waals surface area contributed by atoms with Crippen LogP contribution in [-0.4, -0.2) is 18.6 Å². The molecule has 1 N–H and O–H groups in total. The van der Waals surface area contributed by atoms with Crippen molar-refractivity contribution in [2.24, 2.45) is 0 Å². The highest BCUT2D eigenvalue weighted by Crippen LogP contribution is 2.22. The van der Waals surface area contributed by atoms with Gasteiger partial charge in [0.1, 0.15) is 5.75 Å². The molecule has 0 saturated carbocycles. The number of hydrogen-bond acceptors (Lipinski definition) is 2. The Hall–Kier alpha value is -1.71. The number of hydrogen-bond donors (Lipinski definition) is 1. The number of amides is 1. The largest absolute Gasteiger partial charge is 0.481 e. The number of benzene rings is 2. The van der Waals surface area contributed by atoms with Crippen molar-refractivity contribution in [2.45, 2.75) is 32.8 Å². The van der Waals surface area contributed by atoms with E-state index in [1.807, 2.05) is 37.3 Å². The maximum Gasteiger partial charge on any atom is 0.260 e. The van der Waals surface area contributed by atoms with Crippen LogP contribution in [0.3, 0.4) is 0 Å². The van der Waals surface area contributed by atoms with Crippen LogP contribution in [0.1, 0.15) is 24.5 Å². The average molecular weight is 366 g/mol. The monoisotopic (exact) mass is 365 g/mol. The maximum atomic E-state index is 12.1. The van der Waals surface area contributed by atoms with Crippen LogP contribution >= 0.6 is 23.2 Å².